The molecule has 18 heavy (non-hydrogen) atoms. The largest absolute Gasteiger partial charge is 0.396 e. The molecule has 1 aliphatic heterocycles. The highest BCUT2D eigenvalue weighted by Crippen LogP contribution is 2.16. The number of piperidine rings is 1. The van der Waals surface area contributed by atoms with E-state index in [2.05, 4.69) is 24.5 Å². The lowest BCUT2D eigenvalue weighted by atomic mass is 9.92. The number of amides is 1. The second kappa shape index (κ2) is 8.48. The first-order chi connectivity index (χ1) is 8.67. The van der Waals surface area contributed by atoms with Crippen molar-refractivity contribution in [2.24, 2.45) is 11.8 Å². The molecule has 0 saturated carbocycles. The minimum atomic E-state index is 0.164. The van der Waals surface area contributed by atoms with Gasteiger partial charge in [-0.05, 0) is 45.1 Å². The van der Waals surface area contributed by atoms with Crippen molar-refractivity contribution in [2.45, 2.75) is 52.0 Å². The molecule has 0 radical (unpaired) electrons. The summed E-state index contributed by atoms with van der Waals surface area (Å²) in [6.07, 6.45) is 4.84. The van der Waals surface area contributed by atoms with Crippen LogP contribution in [0.15, 0.2) is 0 Å². The molecule has 4 heteroatoms. The highest BCUT2D eigenvalue weighted by Gasteiger charge is 2.24. The van der Waals surface area contributed by atoms with Gasteiger partial charge in [-0.25, -0.2) is 0 Å². The fraction of sp³-hybridized carbons (Fsp3) is 0.929. The van der Waals surface area contributed by atoms with Gasteiger partial charge in [-0.3, -0.25) is 4.79 Å². The Morgan fingerprint density at radius 1 is 1.50 bits per heavy atom. The van der Waals surface area contributed by atoms with Gasteiger partial charge >= 0.3 is 0 Å². The molecule has 3 N–H and O–H groups in total. The Kier molecular flexibility index (Phi) is 7.28. The molecule has 1 fully saturated rings. The Hall–Kier alpha value is -0.610. The molecule has 1 saturated heterocycles. The van der Waals surface area contributed by atoms with Crippen molar-refractivity contribution in [3.63, 3.8) is 0 Å². The number of aliphatic hydroxyl groups is 1. The van der Waals surface area contributed by atoms with Gasteiger partial charge in [0.2, 0.25) is 5.91 Å². The van der Waals surface area contributed by atoms with Crippen molar-refractivity contribution in [3.05, 3.63) is 0 Å². The summed E-state index contributed by atoms with van der Waals surface area (Å²) in [6, 6.07) is 0.443. The molecule has 3 atom stereocenters. The van der Waals surface area contributed by atoms with Crippen LogP contribution in [0, 0.1) is 11.8 Å². The predicted octanol–water partition coefficient (Wildman–Crippen LogP) is 1.29. The second-order valence-corrected chi connectivity index (χ2v) is 5.49. The van der Waals surface area contributed by atoms with E-state index >= 15 is 0 Å². The third-order valence-corrected chi connectivity index (χ3v) is 3.79. The number of hydrogen-bond donors (Lipinski definition) is 3. The average molecular weight is 256 g/mol. The molecule has 0 aliphatic carbocycles. The van der Waals surface area contributed by atoms with Crippen LogP contribution in [0.5, 0.6) is 0 Å². The molecule has 0 aromatic rings. The SMILES string of the molecule is CCCC(CCO)CNC(=O)[C@H]1CCN[C@@H](C)C1. The van der Waals surface area contributed by atoms with Gasteiger partial charge in [0.25, 0.3) is 0 Å². The summed E-state index contributed by atoms with van der Waals surface area (Å²) in [5.41, 5.74) is 0. The number of nitrogens with one attached hydrogen (secondary N) is 2. The van der Waals surface area contributed by atoms with Crippen LogP contribution in [0.4, 0.5) is 0 Å². The third-order valence-electron chi connectivity index (χ3n) is 3.79. The Bertz CT molecular complexity index is 240. The maximum absolute atomic E-state index is 12.1. The van der Waals surface area contributed by atoms with Gasteiger partial charge in [0.15, 0.2) is 0 Å². The van der Waals surface area contributed by atoms with E-state index in [-0.39, 0.29) is 18.4 Å². The Balaban J connectivity index is 2.29. The van der Waals surface area contributed by atoms with Crippen molar-refractivity contribution >= 4 is 5.91 Å². The van der Waals surface area contributed by atoms with Gasteiger partial charge in [-0.1, -0.05) is 13.3 Å². The van der Waals surface area contributed by atoms with E-state index in [0.717, 1.165) is 38.6 Å². The Morgan fingerprint density at radius 3 is 2.89 bits per heavy atom. The molecule has 1 heterocycles. The van der Waals surface area contributed by atoms with E-state index in [1.165, 1.54) is 0 Å². The van der Waals surface area contributed by atoms with Crippen molar-refractivity contribution in [1.29, 1.82) is 0 Å². The van der Waals surface area contributed by atoms with E-state index < -0.39 is 0 Å². The van der Waals surface area contributed by atoms with Crippen LogP contribution in [0.1, 0.15) is 46.0 Å². The predicted molar refractivity (Wildman–Crippen MR) is 73.3 cm³/mol. The summed E-state index contributed by atoms with van der Waals surface area (Å²) in [4.78, 5) is 12.1. The number of carbonyl (C=O) groups excluding carboxylic acids is 1. The van der Waals surface area contributed by atoms with Crippen LogP contribution >= 0.6 is 0 Å². The quantitative estimate of drug-likeness (QED) is 0.643. The highest BCUT2D eigenvalue weighted by molar-refractivity contribution is 5.78. The van der Waals surface area contributed by atoms with Crippen LogP contribution in [0.25, 0.3) is 0 Å². The topological polar surface area (TPSA) is 61.4 Å². The molecule has 0 bridgehead atoms. The lowest BCUT2D eigenvalue weighted by molar-refractivity contribution is -0.126. The van der Waals surface area contributed by atoms with Crippen LogP contribution in [0.3, 0.4) is 0 Å². The zero-order valence-corrected chi connectivity index (χ0v) is 11.7. The fourth-order valence-corrected chi connectivity index (χ4v) is 2.70. The van der Waals surface area contributed by atoms with Gasteiger partial charge < -0.3 is 15.7 Å². The molecule has 0 aromatic heterocycles. The molecule has 1 rings (SSSR count). The molecule has 0 spiro atoms. The summed E-state index contributed by atoms with van der Waals surface area (Å²) < 4.78 is 0. The standard InChI is InChI=1S/C14H28N2O2/c1-3-4-12(6-8-17)10-16-14(18)13-5-7-15-11(2)9-13/h11-13,15,17H,3-10H2,1-2H3,(H,16,18)/t11-,12?,13-/m0/s1. The molecule has 1 unspecified atom stereocenters. The first-order valence-electron chi connectivity index (χ1n) is 7.29. The summed E-state index contributed by atoms with van der Waals surface area (Å²) >= 11 is 0. The first kappa shape index (κ1) is 15.4. The fourth-order valence-electron chi connectivity index (χ4n) is 2.70. The molecular formula is C14H28N2O2. The van der Waals surface area contributed by atoms with E-state index in [1.807, 2.05) is 0 Å². The van der Waals surface area contributed by atoms with Crippen LogP contribution < -0.4 is 10.6 Å². The van der Waals surface area contributed by atoms with Gasteiger partial charge in [-0.2, -0.15) is 0 Å². The highest BCUT2D eigenvalue weighted by atomic mass is 16.3. The average Bonchev–Trinajstić information content (AvgIpc) is 2.36. The van der Waals surface area contributed by atoms with E-state index in [9.17, 15) is 4.79 Å². The van der Waals surface area contributed by atoms with Gasteiger partial charge in [-0.15, -0.1) is 0 Å². The number of aliphatic hydroxyl groups excluding tert-OH is 1. The van der Waals surface area contributed by atoms with E-state index in [0.29, 0.717) is 18.5 Å². The molecule has 0 aromatic carbocycles. The third kappa shape index (κ3) is 5.36. The number of carbonyl (C=O) groups is 1. The molecule has 1 amide bonds. The summed E-state index contributed by atoms with van der Waals surface area (Å²) in [6.45, 7) is 6.14. The lowest BCUT2D eigenvalue weighted by Gasteiger charge is -2.27. The van der Waals surface area contributed by atoms with Gasteiger partial charge in [0.05, 0.1) is 0 Å². The summed E-state index contributed by atoms with van der Waals surface area (Å²) in [5, 5.41) is 15.4. The van der Waals surface area contributed by atoms with Crippen molar-refractivity contribution in [1.82, 2.24) is 10.6 Å². The Labute approximate surface area is 111 Å². The van der Waals surface area contributed by atoms with Gasteiger partial charge in [0, 0.05) is 25.1 Å². The molecular weight excluding hydrogens is 228 g/mol. The minimum Gasteiger partial charge on any atom is -0.396 e. The molecule has 4 nitrogen and oxygen atoms in total. The second-order valence-electron chi connectivity index (χ2n) is 5.49. The number of rotatable bonds is 7. The monoisotopic (exact) mass is 256 g/mol. The molecule has 1 aliphatic rings. The van der Waals surface area contributed by atoms with Crippen molar-refractivity contribution < 1.29 is 9.90 Å². The molecule has 106 valence electrons. The lowest BCUT2D eigenvalue weighted by Crippen LogP contribution is -2.43. The zero-order valence-electron chi connectivity index (χ0n) is 11.7. The van der Waals surface area contributed by atoms with Crippen molar-refractivity contribution in [2.75, 3.05) is 19.7 Å². The first-order valence-corrected chi connectivity index (χ1v) is 7.29. The smallest absolute Gasteiger partial charge is 0.223 e. The van der Waals surface area contributed by atoms with Crippen molar-refractivity contribution in [3.8, 4) is 0 Å². The Morgan fingerprint density at radius 2 is 2.28 bits per heavy atom. The van der Waals surface area contributed by atoms with Crippen LogP contribution in [0.2, 0.25) is 0 Å². The van der Waals surface area contributed by atoms with Crippen LogP contribution in [-0.4, -0.2) is 36.8 Å². The van der Waals surface area contributed by atoms with Crippen LogP contribution in [-0.2, 0) is 4.79 Å². The van der Waals surface area contributed by atoms with E-state index in [4.69, 9.17) is 5.11 Å². The minimum absolute atomic E-state index is 0.164. The maximum atomic E-state index is 12.1. The zero-order chi connectivity index (χ0) is 13.4. The normalized spacial score (nSPS) is 25.7. The summed E-state index contributed by atoms with van der Waals surface area (Å²) in [7, 11) is 0. The number of hydrogen-bond acceptors (Lipinski definition) is 3. The summed E-state index contributed by atoms with van der Waals surface area (Å²) in [5.74, 6) is 0.781. The van der Waals surface area contributed by atoms with Gasteiger partial charge in [0.1, 0.15) is 0 Å². The maximum Gasteiger partial charge on any atom is 0.223 e. The van der Waals surface area contributed by atoms with E-state index in [1.54, 1.807) is 0 Å².